The van der Waals surface area contributed by atoms with E-state index < -0.39 is 22.9 Å². The van der Waals surface area contributed by atoms with Crippen LogP contribution in [0.15, 0.2) is 24.3 Å². The Morgan fingerprint density at radius 1 is 1.13 bits per heavy atom. The van der Waals surface area contributed by atoms with E-state index in [-0.39, 0.29) is 22.5 Å². The highest BCUT2D eigenvalue weighted by Gasteiger charge is 2.23. The van der Waals surface area contributed by atoms with Crippen molar-refractivity contribution in [2.75, 3.05) is 20.0 Å². The predicted octanol–water partition coefficient (Wildman–Crippen LogP) is 2.70. The van der Waals surface area contributed by atoms with Crippen molar-refractivity contribution >= 4 is 29.2 Å². The number of pyridine rings is 1. The van der Waals surface area contributed by atoms with Crippen LogP contribution in [0.1, 0.15) is 20.8 Å². The average molecular weight is 339 g/mol. The SMILES string of the molecule is COC(=O)c1ccc(-c2c(C(=O)OC)nc(Cl)c(F)c2N)cc1. The van der Waals surface area contributed by atoms with E-state index in [2.05, 4.69) is 14.5 Å². The number of esters is 2. The third-order valence-corrected chi connectivity index (χ3v) is 3.36. The molecular formula is C15H12ClFN2O4. The van der Waals surface area contributed by atoms with Crippen LogP contribution in [-0.4, -0.2) is 31.1 Å². The maximum atomic E-state index is 13.9. The number of aromatic nitrogens is 1. The molecule has 2 N–H and O–H groups in total. The first-order valence-corrected chi connectivity index (χ1v) is 6.70. The molecule has 2 rings (SSSR count). The van der Waals surface area contributed by atoms with E-state index in [1.807, 2.05) is 0 Å². The Kier molecular flexibility index (Phi) is 4.80. The van der Waals surface area contributed by atoms with E-state index in [0.717, 1.165) is 7.11 Å². The number of nitrogens with two attached hydrogens (primary N) is 1. The largest absolute Gasteiger partial charge is 0.465 e. The van der Waals surface area contributed by atoms with Gasteiger partial charge in [-0.15, -0.1) is 0 Å². The van der Waals surface area contributed by atoms with Crippen LogP contribution in [0.25, 0.3) is 11.1 Å². The lowest BCUT2D eigenvalue weighted by atomic mass is 10.0. The van der Waals surface area contributed by atoms with Gasteiger partial charge in [0.2, 0.25) is 0 Å². The molecule has 0 bridgehead atoms. The third kappa shape index (κ3) is 3.09. The zero-order chi connectivity index (χ0) is 17.1. The molecule has 0 atom stereocenters. The van der Waals surface area contributed by atoms with Gasteiger partial charge >= 0.3 is 11.9 Å². The topological polar surface area (TPSA) is 91.5 Å². The molecule has 6 nitrogen and oxygen atoms in total. The van der Waals surface area contributed by atoms with Crippen LogP contribution in [0.5, 0.6) is 0 Å². The fourth-order valence-corrected chi connectivity index (χ4v) is 2.17. The van der Waals surface area contributed by atoms with E-state index in [0.29, 0.717) is 5.56 Å². The summed E-state index contributed by atoms with van der Waals surface area (Å²) in [6.45, 7) is 0. The minimum atomic E-state index is -0.939. The molecule has 0 aliphatic carbocycles. The molecule has 1 aromatic heterocycles. The maximum Gasteiger partial charge on any atom is 0.357 e. The Bertz CT molecular complexity index is 778. The van der Waals surface area contributed by atoms with Gasteiger partial charge in [0.05, 0.1) is 25.5 Å². The number of hydrogen-bond donors (Lipinski definition) is 1. The molecule has 0 saturated carbocycles. The number of anilines is 1. The highest BCUT2D eigenvalue weighted by molar-refractivity contribution is 6.30. The first kappa shape index (κ1) is 16.7. The van der Waals surface area contributed by atoms with Gasteiger partial charge < -0.3 is 15.2 Å². The first-order chi connectivity index (χ1) is 10.9. The molecule has 120 valence electrons. The summed E-state index contributed by atoms with van der Waals surface area (Å²) in [6, 6.07) is 5.88. The van der Waals surface area contributed by atoms with Crippen molar-refractivity contribution in [3.8, 4) is 11.1 Å². The van der Waals surface area contributed by atoms with Crippen molar-refractivity contribution in [1.82, 2.24) is 4.98 Å². The number of hydrogen-bond acceptors (Lipinski definition) is 6. The molecule has 8 heteroatoms. The molecule has 23 heavy (non-hydrogen) atoms. The summed E-state index contributed by atoms with van der Waals surface area (Å²) >= 11 is 5.63. The number of carbonyl (C=O) groups is 2. The summed E-state index contributed by atoms with van der Waals surface area (Å²) in [5.41, 5.74) is 5.88. The highest BCUT2D eigenvalue weighted by atomic mass is 35.5. The second-order valence-corrected chi connectivity index (χ2v) is 4.77. The molecule has 0 aliphatic heterocycles. The number of methoxy groups -OCH3 is 2. The lowest BCUT2D eigenvalue weighted by Gasteiger charge is -2.12. The molecule has 0 unspecified atom stereocenters. The minimum absolute atomic E-state index is 0.0372. The van der Waals surface area contributed by atoms with Crippen LogP contribution in [-0.2, 0) is 9.47 Å². The maximum absolute atomic E-state index is 13.9. The summed E-state index contributed by atoms with van der Waals surface area (Å²) in [6.07, 6.45) is 0. The van der Waals surface area contributed by atoms with Crippen LogP contribution in [0, 0.1) is 5.82 Å². The van der Waals surface area contributed by atoms with Gasteiger partial charge in [0, 0.05) is 5.56 Å². The smallest absolute Gasteiger partial charge is 0.357 e. The van der Waals surface area contributed by atoms with Crippen LogP contribution < -0.4 is 5.73 Å². The molecule has 0 radical (unpaired) electrons. The van der Waals surface area contributed by atoms with Crippen molar-refractivity contribution in [3.05, 3.63) is 46.5 Å². The second kappa shape index (κ2) is 6.62. The Morgan fingerprint density at radius 2 is 1.70 bits per heavy atom. The normalized spacial score (nSPS) is 10.3. The fraction of sp³-hybridized carbons (Fsp3) is 0.133. The highest BCUT2D eigenvalue weighted by Crippen LogP contribution is 2.34. The predicted molar refractivity (Wildman–Crippen MR) is 81.7 cm³/mol. The molecule has 0 spiro atoms. The molecule has 0 saturated heterocycles. The Labute approximate surface area is 136 Å². The van der Waals surface area contributed by atoms with Gasteiger partial charge in [-0.3, -0.25) is 0 Å². The van der Waals surface area contributed by atoms with Crippen LogP contribution in [0.2, 0.25) is 5.15 Å². The molecule has 0 amide bonds. The Morgan fingerprint density at radius 3 is 2.22 bits per heavy atom. The second-order valence-electron chi connectivity index (χ2n) is 4.41. The van der Waals surface area contributed by atoms with Gasteiger partial charge in [0.25, 0.3) is 0 Å². The fourth-order valence-electron chi connectivity index (χ4n) is 1.98. The van der Waals surface area contributed by atoms with E-state index in [4.69, 9.17) is 17.3 Å². The van der Waals surface area contributed by atoms with E-state index in [1.165, 1.54) is 31.4 Å². The van der Waals surface area contributed by atoms with Gasteiger partial charge in [0.15, 0.2) is 16.7 Å². The summed E-state index contributed by atoms with van der Waals surface area (Å²) in [5, 5.41) is -0.530. The van der Waals surface area contributed by atoms with E-state index >= 15 is 0 Å². The summed E-state index contributed by atoms with van der Waals surface area (Å²) in [7, 11) is 2.41. The zero-order valence-corrected chi connectivity index (χ0v) is 13.0. The summed E-state index contributed by atoms with van der Waals surface area (Å²) in [5.74, 6) is -2.28. The molecule has 1 heterocycles. The van der Waals surface area contributed by atoms with E-state index in [1.54, 1.807) is 0 Å². The Balaban J connectivity index is 2.64. The average Bonchev–Trinajstić information content (AvgIpc) is 2.58. The molecule has 0 fully saturated rings. The van der Waals surface area contributed by atoms with Crippen LogP contribution >= 0.6 is 11.6 Å². The molecule has 0 aliphatic rings. The standard InChI is InChI=1S/C15H12ClFN2O4/c1-22-14(20)8-5-3-7(4-6-8)9-11(18)10(17)13(16)19-12(9)15(21)23-2/h3-6H,1-2H3,(H2,18,19). The lowest BCUT2D eigenvalue weighted by Crippen LogP contribution is -2.11. The molecular weight excluding hydrogens is 327 g/mol. The number of benzene rings is 1. The van der Waals surface area contributed by atoms with Gasteiger partial charge in [-0.05, 0) is 17.7 Å². The quantitative estimate of drug-likeness (QED) is 0.683. The van der Waals surface area contributed by atoms with Crippen molar-refractivity contribution in [2.24, 2.45) is 0 Å². The number of ether oxygens (including phenoxy) is 2. The monoisotopic (exact) mass is 338 g/mol. The number of nitrogen functional groups attached to an aromatic ring is 1. The Hall–Kier alpha value is -2.67. The summed E-state index contributed by atoms with van der Waals surface area (Å²) in [4.78, 5) is 27.0. The minimum Gasteiger partial charge on any atom is -0.465 e. The van der Waals surface area contributed by atoms with E-state index in [9.17, 15) is 14.0 Å². The van der Waals surface area contributed by atoms with Crippen LogP contribution in [0.3, 0.4) is 0 Å². The van der Waals surface area contributed by atoms with Crippen molar-refractivity contribution < 1.29 is 23.5 Å². The van der Waals surface area contributed by atoms with Gasteiger partial charge in [-0.1, -0.05) is 23.7 Å². The lowest BCUT2D eigenvalue weighted by molar-refractivity contribution is 0.0588. The van der Waals surface area contributed by atoms with Crippen molar-refractivity contribution in [2.45, 2.75) is 0 Å². The number of rotatable bonds is 3. The summed E-state index contributed by atoms with van der Waals surface area (Å²) < 4.78 is 23.1. The molecule has 1 aromatic carbocycles. The number of nitrogens with zero attached hydrogens (tertiary/aromatic N) is 1. The van der Waals surface area contributed by atoms with Crippen molar-refractivity contribution in [3.63, 3.8) is 0 Å². The third-order valence-electron chi connectivity index (χ3n) is 3.11. The molecule has 2 aromatic rings. The first-order valence-electron chi connectivity index (χ1n) is 6.32. The van der Waals surface area contributed by atoms with Crippen LogP contribution in [0.4, 0.5) is 10.1 Å². The van der Waals surface area contributed by atoms with Gasteiger partial charge in [0.1, 0.15) is 0 Å². The van der Waals surface area contributed by atoms with Gasteiger partial charge in [-0.2, -0.15) is 0 Å². The zero-order valence-electron chi connectivity index (χ0n) is 12.2. The van der Waals surface area contributed by atoms with Crippen molar-refractivity contribution in [1.29, 1.82) is 0 Å². The number of carbonyl (C=O) groups excluding carboxylic acids is 2. The van der Waals surface area contributed by atoms with Gasteiger partial charge in [-0.25, -0.2) is 19.0 Å². The number of halogens is 2.